The Morgan fingerprint density at radius 3 is 2.53 bits per heavy atom. The highest BCUT2D eigenvalue weighted by Gasteiger charge is 2.11. The molecular formula is C14H14N4O. The van der Waals surface area contributed by atoms with Crippen LogP contribution in [0.1, 0.15) is 5.56 Å². The standard InChI is InChI=1S/C14H14N4O/c1-9-3-5-10(6-4-9)11-7-8-12(19-2)13-16-14(15)17-18(11)13/h3-8H,1-2H3,(H2,15,17). The van der Waals surface area contributed by atoms with E-state index in [1.54, 1.807) is 11.6 Å². The van der Waals surface area contributed by atoms with Gasteiger partial charge in [0, 0.05) is 5.56 Å². The van der Waals surface area contributed by atoms with Crippen molar-refractivity contribution in [2.75, 3.05) is 12.8 Å². The molecule has 0 aliphatic heterocycles. The van der Waals surface area contributed by atoms with Crippen LogP contribution in [0.5, 0.6) is 5.75 Å². The third-order valence-corrected chi connectivity index (χ3v) is 3.03. The molecule has 0 aliphatic rings. The molecule has 0 amide bonds. The van der Waals surface area contributed by atoms with E-state index in [1.807, 2.05) is 12.1 Å². The number of fused-ring (bicyclic) bond motifs is 1. The summed E-state index contributed by atoms with van der Waals surface area (Å²) < 4.78 is 6.98. The fourth-order valence-corrected chi connectivity index (χ4v) is 2.06. The van der Waals surface area contributed by atoms with E-state index in [2.05, 4.69) is 41.3 Å². The van der Waals surface area contributed by atoms with Gasteiger partial charge in [-0.25, -0.2) is 4.52 Å². The average Bonchev–Trinajstić information content (AvgIpc) is 2.80. The van der Waals surface area contributed by atoms with Crippen LogP contribution in [0, 0.1) is 6.92 Å². The van der Waals surface area contributed by atoms with Crippen molar-refractivity contribution < 1.29 is 4.74 Å². The average molecular weight is 254 g/mol. The van der Waals surface area contributed by atoms with Gasteiger partial charge in [0.1, 0.15) is 0 Å². The third kappa shape index (κ3) is 1.89. The van der Waals surface area contributed by atoms with Crippen molar-refractivity contribution in [3.8, 4) is 17.0 Å². The zero-order chi connectivity index (χ0) is 13.4. The third-order valence-electron chi connectivity index (χ3n) is 3.03. The molecule has 3 aromatic rings. The van der Waals surface area contributed by atoms with Gasteiger partial charge in [-0.05, 0) is 19.1 Å². The van der Waals surface area contributed by atoms with E-state index in [4.69, 9.17) is 10.5 Å². The predicted molar refractivity (Wildman–Crippen MR) is 74.1 cm³/mol. The maximum Gasteiger partial charge on any atom is 0.240 e. The summed E-state index contributed by atoms with van der Waals surface area (Å²) in [6.07, 6.45) is 0. The quantitative estimate of drug-likeness (QED) is 0.762. The van der Waals surface area contributed by atoms with Gasteiger partial charge in [0.25, 0.3) is 0 Å². The molecule has 5 nitrogen and oxygen atoms in total. The van der Waals surface area contributed by atoms with E-state index < -0.39 is 0 Å². The Morgan fingerprint density at radius 1 is 1.11 bits per heavy atom. The fraction of sp³-hybridized carbons (Fsp3) is 0.143. The molecule has 2 heterocycles. The first-order valence-corrected chi connectivity index (χ1v) is 5.95. The highest BCUT2D eigenvalue weighted by atomic mass is 16.5. The first-order valence-electron chi connectivity index (χ1n) is 5.95. The molecule has 0 aliphatic carbocycles. The van der Waals surface area contributed by atoms with E-state index in [-0.39, 0.29) is 5.95 Å². The van der Waals surface area contributed by atoms with Gasteiger partial charge >= 0.3 is 0 Å². The van der Waals surface area contributed by atoms with Gasteiger partial charge in [-0.3, -0.25) is 0 Å². The number of aryl methyl sites for hydroxylation is 1. The SMILES string of the molecule is COc1ccc(-c2ccc(C)cc2)n2nc(N)nc12. The van der Waals surface area contributed by atoms with Gasteiger partial charge < -0.3 is 10.5 Å². The van der Waals surface area contributed by atoms with Crippen molar-refractivity contribution >= 4 is 11.6 Å². The number of aromatic nitrogens is 3. The Hall–Kier alpha value is -2.56. The largest absolute Gasteiger partial charge is 0.493 e. The molecule has 0 fully saturated rings. The Labute approximate surface area is 110 Å². The first-order chi connectivity index (χ1) is 9.19. The smallest absolute Gasteiger partial charge is 0.240 e. The number of methoxy groups -OCH3 is 1. The molecule has 19 heavy (non-hydrogen) atoms. The lowest BCUT2D eigenvalue weighted by Crippen LogP contribution is -1.97. The number of anilines is 1. The lowest BCUT2D eigenvalue weighted by Gasteiger charge is -2.07. The van der Waals surface area contributed by atoms with Crippen LogP contribution >= 0.6 is 0 Å². The second-order valence-corrected chi connectivity index (χ2v) is 4.36. The van der Waals surface area contributed by atoms with Crippen molar-refractivity contribution in [2.45, 2.75) is 6.92 Å². The van der Waals surface area contributed by atoms with E-state index in [0.717, 1.165) is 11.3 Å². The minimum atomic E-state index is 0.234. The number of nitrogen functional groups attached to an aromatic ring is 1. The molecular weight excluding hydrogens is 240 g/mol. The van der Waals surface area contributed by atoms with Crippen LogP contribution in [0.15, 0.2) is 36.4 Å². The van der Waals surface area contributed by atoms with Gasteiger partial charge in [-0.15, -0.1) is 5.10 Å². The molecule has 2 N–H and O–H groups in total. The monoisotopic (exact) mass is 254 g/mol. The number of hydrogen-bond donors (Lipinski definition) is 1. The summed E-state index contributed by atoms with van der Waals surface area (Å²) in [5, 5.41) is 4.22. The van der Waals surface area contributed by atoms with Gasteiger partial charge in [0.15, 0.2) is 11.4 Å². The summed E-state index contributed by atoms with van der Waals surface area (Å²) in [6.45, 7) is 2.06. The molecule has 96 valence electrons. The summed E-state index contributed by atoms with van der Waals surface area (Å²) in [4.78, 5) is 4.19. The number of rotatable bonds is 2. The maximum atomic E-state index is 5.69. The number of nitrogens with zero attached hydrogens (tertiary/aromatic N) is 3. The number of ether oxygens (including phenoxy) is 1. The molecule has 3 rings (SSSR count). The van der Waals surface area contributed by atoms with Crippen LogP contribution in [0.2, 0.25) is 0 Å². The zero-order valence-corrected chi connectivity index (χ0v) is 10.8. The number of hydrogen-bond acceptors (Lipinski definition) is 4. The molecule has 0 bridgehead atoms. The Balaban J connectivity index is 2.27. The van der Waals surface area contributed by atoms with Crippen molar-refractivity contribution in [3.63, 3.8) is 0 Å². The van der Waals surface area contributed by atoms with Gasteiger partial charge in [0.05, 0.1) is 12.8 Å². The molecule has 1 aromatic carbocycles. The number of pyridine rings is 1. The minimum Gasteiger partial charge on any atom is -0.493 e. The number of benzene rings is 1. The van der Waals surface area contributed by atoms with Crippen LogP contribution in [0.3, 0.4) is 0 Å². The lowest BCUT2D eigenvalue weighted by molar-refractivity contribution is 0.416. The molecule has 2 aromatic heterocycles. The fourth-order valence-electron chi connectivity index (χ4n) is 2.06. The van der Waals surface area contributed by atoms with Crippen molar-refractivity contribution in [2.24, 2.45) is 0 Å². The van der Waals surface area contributed by atoms with E-state index in [9.17, 15) is 0 Å². The summed E-state index contributed by atoms with van der Waals surface area (Å²) in [5.41, 5.74) is 9.51. The van der Waals surface area contributed by atoms with Crippen molar-refractivity contribution in [1.29, 1.82) is 0 Å². The molecule has 0 spiro atoms. The predicted octanol–water partition coefficient (Wildman–Crippen LogP) is 2.30. The molecule has 0 saturated carbocycles. The summed E-state index contributed by atoms with van der Waals surface area (Å²) in [6, 6.07) is 12.0. The van der Waals surface area contributed by atoms with Crippen LogP contribution in [0.4, 0.5) is 5.95 Å². The molecule has 0 atom stereocenters. The Morgan fingerprint density at radius 2 is 1.84 bits per heavy atom. The second-order valence-electron chi connectivity index (χ2n) is 4.36. The highest BCUT2D eigenvalue weighted by Crippen LogP contribution is 2.26. The van der Waals surface area contributed by atoms with Crippen molar-refractivity contribution in [1.82, 2.24) is 14.6 Å². The van der Waals surface area contributed by atoms with Gasteiger partial charge in [0.2, 0.25) is 5.95 Å². The van der Waals surface area contributed by atoms with Crippen LogP contribution in [0.25, 0.3) is 16.9 Å². The zero-order valence-electron chi connectivity index (χ0n) is 10.8. The number of nitrogens with two attached hydrogens (primary N) is 1. The van der Waals surface area contributed by atoms with Gasteiger partial charge in [-0.1, -0.05) is 29.8 Å². The molecule has 5 heteroatoms. The van der Waals surface area contributed by atoms with Gasteiger partial charge in [-0.2, -0.15) is 4.98 Å². The van der Waals surface area contributed by atoms with E-state index >= 15 is 0 Å². The Bertz CT molecular complexity index is 731. The summed E-state index contributed by atoms with van der Waals surface area (Å²) >= 11 is 0. The van der Waals surface area contributed by atoms with Crippen LogP contribution in [-0.4, -0.2) is 21.7 Å². The minimum absolute atomic E-state index is 0.234. The molecule has 0 saturated heterocycles. The van der Waals surface area contributed by atoms with Crippen LogP contribution in [-0.2, 0) is 0 Å². The second kappa shape index (κ2) is 4.28. The molecule has 0 radical (unpaired) electrons. The summed E-state index contributed by atoms with van der Waals surface area (Å²) in [7, 11) is 1.60. The Kier molecular flexibility index (Phi) is 2.59. The summed E-state index contributed by atoms with van der Waals surface area (Å²) in [5.74, 6) is 0.887. The lowest BCUT2D eigenvalue weighted by atomic mass is 10.1. The first kappa shape index (κ1) is 11.5. The highest BCUT2D eigenvalue weighted by molar-refractivity contribution is 5.67. The van der Waals surface area contributed by atoms with E-state index in [1.165, 1.54) is 5.56 Å². The van der Waals surface area contributed by atoms with Crippen molar-refractivity contribution in [3.05, 3.63) is 42.0 Å². The maximum absolute atomic E-state index is 5.69. The van der Waals surface area contributed by atoms with E-state index in [0.29, 0.717) is 11.4 Å². The topological polar surface area (TPSA) is 65.4 Å². The van der Waals surface area contributed by atoms with Crippen LogP contribution < -0.4 is 10.5 Å². The molecule has 0 unspecified atom stereocenters. The normalized spacial score (nSPS) is 10.8.